The first-order valence-electron chi connectivity index (χ1n) is 8.74. The number of benzene rings is 1. The Hall–Kier alpha value is -1.85. The molecule has 0 unspecified atom stereocenters. The first-order valence-corrected chi connectivity index (χ1v) is 8.74. The van der Waals surface area contributed by atoms with Crippen molar-refractivity contribution in [2.24, 2.45) is 5.92 Å². The summed E-state index contributed by atoms with van der Waals surface area (Å²) < 4.78 is 17.6. The molecule has 5 nitrogen and oxygen atoms in total. The third-order valence-electron chi connectivity index (χ3n) is 4.33. The summed E-state index contributed by atoms with van der Waals surface area (Å²) in [6, 6.07) is 7.93. The number of ether oxygens (including phenoxy) is 3. The molecule has 2 rings (SSSR count). The highest BCUT2D eigenvalue weighted by Gasteiger charge is 2.38. The van der Waals surface area contributed by atoms with Gasteiger partial charge in [0, 0.05) is 17.9 Å². The SMILES string of the molecule is COc1ccccc1[C@H]1OC(C)(C)OC[C@H]1CCC=CCCC(=O)O. The summed E-state index contributed by atoms with van der Waals surface area (Å²) in [5, 5.41) is 8.65. The summed E-state index contributed by atoms with van der Waals surface area (Å²) in [4.78, 5) is 10.5. The number of aliphatic carboxylic acids is 1. The molecular weight excluding hydrogens is 320 g/mol. The molecule has 25 heavy (non-hydrogen) atoms. The Bertz CT molecular complexity index is 594. The minimum Gasteiger partial charge on any atom is -0.496 e. The van der Waals surface area contributed by atoms with Crippen molar-refractivity contribution in [3.05, 3.63) is 42.0 Å². The largest absolute Gasteiger partial charge is 0.496 e. The maximum absolute atomic E-state index is 10.5. The Morgan fingerprint density at radius 2 is 2.04 bits per heavy atom. The summed E-state index contributed by atoms with van der Waals surface area (Å²) >= 11 is 0. The highest BCUT2D eigenvalue weighted by molar-refractivity contribution is 5.66. The van der Waals surface area contributed by atoms with Crippen LogP contribution in [0.15, 0.2) is 36.4 Å². The van der Waals surface area contributed by atoms with Crippen molar-refractivity contribution in [1.29, 1.82) is 0 Å². The molecule has 5 heteroatoms. The number of hydrogen-bond acceptors (Lipinski definition) is 4. The molecule has 138 valence electrons. The van der Waals surface area contributed by atoms with Gasteiger partial charge >= 0.3 is 5.97 Å². The van der Waals surface area contributed by atoms with Crippen molar-refractivity contribution in [3.8, 4) is 5.75 Å². The van der Waals surface area contributed by atoms with Gasteiger partial charge in [0.2, 0.25) is 0 Å². The molecule has 1 saturated heterocycles. The summed E-state index contributed by atoms with van der Waals surface area (Å²) in [5.74, 6) is -0.350. The first kappa shape index (κ1) is 19.5. The predicted molar refractivity (Wildman–Crippen MR) is 95.6 cm³/mol. The molecule has 2 atom stereocenters. The number of para-hydroxylation sites is 1. The van der Waals surface area contributed by atoms with Gasteiger partial charge in [-0.3, -0.25) is 4.79 Å². The zero-order chi connectivity index (χ0) is 18.3. The number of allylic oxidation sites excluding steroid dienone is 2. The van der Waals surface area contributed by atoms with E-state index in [-0.39, 0.29) is 18.4 Å². The molecule has 0 saturated carbocycles. The van der Waals surface area contributed by atoms with Crippen LogP contribution in [0.4, 0.5) is 0 Å². The van der Waals surface area contributed by atoms with E-state index in [0.717, 1.165) is 24.2 Å². The lowest BCUT2D eigenvalue weighted by molar-refractivity contribution is -0.296. The van der Waals surface area contributed by atoms with Gasteiger partial charge in [-0.15, -0.1) is 0 Å². The number of carbonyl (C=O) groups is 1. The summed E-state index contributed by atoms with van der Waals surface area (Å²) in [6.45, 7) is 4.48. The summed E-state index contributed by atoms with van der Waals surface area (Å²) in [7, 11) is 1.67. The number of methoxy groups -OCH3 is 1. The van der Waals surface area contributed by atoms with Crippen LogP contribution in [0.1, 0.15) is 51.2 Å². The molecule has 1 heterocycles. The van der Waals surface area contributed by atoms with E-state index in [2.05, 4.69) is 0 Å². The van der Waals surface area contributed by atoms with Gasteiger partial charge in [0.1, 0.15) is 5.75 Å². The van der Waals surface area contributed by atoms with E-state index in [4.69, 9.17) is 19.3 Å². The average molecular weight is 348 g/mol. The molecule has 1 aromatic carbocycles. The Morgan fingerprint density at radius 1 is 1.32 bits per heavy atom. The monoisotopic (exact) mass is 348 g/mol. The Morgan fingerprint density at radius 3 is 2.76 bits per heavy atom. The molecule has 0 aliphatic carbocycles. The van der Waals surface area contributed by atoms with Gasteiger partial charge < -0.3 is 19.3 Å². The maximum Gasteiger partial charge on any atom is 0.303 e. The Labute approximate surface area is 149 Å². The van der Waals surface area contributed by atoms with Crippen molar-refractivity contribution in [3.63, 3.8) is 0 Å². The van der Waals surface area contributed by atoms with Gasteiger partial charge in [-0.1, -0.05) is 30.4 Å². The minimum atomic E-state index is -0.766. The van der Waals surface area contributed by atoms with E-state index < -0.39 is 11.8 Å². The predicted octanol–water partition coefficient (Wildman–Crippen LogP) is 4.34. The fraction of sp³-hybridized carbons (Fsp3) is 0.550. The smallest absolute Gasteiger partial charge is 0.303 e. The number of hydrogen-bond donors (Lipinski definition) is 1. The van der Waals surface area contributed by atoms with Gasteiger partial charge in [0.05, 0.1) is 19.8 Å². The highest BCUT2D eigenvalue weighted by Crippen LogP contribution is 2.42. The second kappa shape index (κ2) is 9.02. The Kier molecular flexibility index (Phi) is 7.02. The lowest BCUT2D eigenvalue weighted by atomic mass is 9.90. The standard InChI is InChI=1S/C20H28O5/c1-20(2)24-14-15(10-6-4-5-7-13-18(21)22)19(25-20)16-11-8-9-12-17(16)23-3/h4-5,8-9,11-12,15,19H,6-7,10,13-14H2,1-3H3,(H,21,22)/t15-,19+/m1/s1. The van der Waals surface area contributed by atoms with Gasteiger partial charge in [-0.2, -0.15) is 0 Å². The van der Waals surface area contributed by atoms with Crippen LogP contribution in [0.5, 0.6) is 5.75 Å². The molecule has 0 radical (unpaired) electrons. The second-order valence-corrected chi connectivity index (χ2v) is 6.73. The van der Waals surface area contributed by atoms with Crippen molar-refractivity contribution in [2.75, 3.05) is 13.7 Å². The third-order valence-corrected chi connectivity index (χ3v) is 4.33. The van der Waals surface area contributed by atoms with Crippen molar-refractivity contribution >= 4 is 5.97 Å². The first-order chi connectivity index (χ1) is 11.9. The number of carboxylic acid groups (broad SMARTS) is 1. The topological polar surface area (TPSA) is 65.0 Å². The normalized spacial score (nSPS) is 22.8. The van der Waals surface area contributed by atoms with Crippen molar-refractivity contribution in [2.45, 2.75) is 51.4 Å². The summed E-state index contributed by atoms with van der Waals surface area (Å²) in [6.07, 6.45) is 6.39. The quantitative estimate of drug-likeness (QED) is 0.708. The van der Waals surface area contributed by atoms with Crippen LogP contribution in [-0.2, 0) is 14.3 Å². The maximum atomic E-state index is 10.5. The van der Waals surface area contributed by atoms with Crippen molar-refractivity contribution < 1.29 is 24.1 Å². The van der Waals surface area contributed by atoms with Crippen LogP contribution in [-0.4, -0.2) is 30.6 Å². The van der Waals surface area contributed by atoms with Crippen LogP contribution in [0.3, 0.4) is 0 Å². The van der Waals surface area contributed by atoms with Crippen LogP contribution < -0.4 is 4.74 Å². The van der Waals surface area contributed by atoms with Crippen LogP contribution >= 0.6 is 0 Å². The lowest BCUT2D eigenvalue weighted by Crippen LogP contribution is -2.41. The molecule has 0 amide bonds. The molecule has 0 aromatic heterocycles. The molecule has 1 N–H and O–H groups in total. The van der Waals surface area contributed by atoms with Crippen LogP contribution in [0.25, 0.3) is 0 Å². The van der Waals surface area contributed by atoms with Crippen molar-refractivity contribution in [1.82, 2.24) is 0 Å². The second-order valence-electron chi connectivity index (χ2n) is 6.73. The third kappa shape index (κ3) is 5.87. The van der Waals surface area contributed by atoms with Crippen LogP contribution in [0, 0.1) is 5.92 Å². The fourth-order valence-electron chi connectivity index (χ4n) is 3.04. The Balaban J connectivity index is 2.03. The fourth-order valence-corrected chi connectivity index (χ4v) is 3.04. The van der Waals surface area contributed by atoms with E-state index in [1.54, 1.807) is 7.11 Å². The molecule has 0 spiro atoms. The zero-order valence-electron chi connectivity index (χ0n) is 15.2. The van der Waals surface area contributed by atoms with E-state index in [1.807, 2.05) is 50.3 Å². The molecule has 1 fully saturated rings. The minimum absolute atomic E-state index is 0.0904. The summed E-state index contributed by atoms with van der Waals surface area (Å²) in [5.41, 5.74) is 1.04. The average Bonchev–Trinajstić information content (AvgIpc) is 2.58. The van der Waals surface area contributed by atoms with Gasteiger partial charge in [-0.05, 0) is 39.2 Å². The number of rotatable bonds is 8. The molecular formula is C20H28O5. The number of carboxylic acids is 1. The van der Waals surface area contributed by atoms with Crippen LogP contribution in [0.2, 0.25) is 0 Å². The van der Waals surface area contributed by atoms with E-state index in [9.17, 15) is 4.79 Å². The molecule has 1 aromatic rings. The van der Waals surface area contributed by atoms with Gasteiger partial charge in [-0.25, -0.2) is 0 Å². The van der Waals surface area contributed by atoms with E-state index in [0.29, 0.717) is 13.0 Å². The van der Waals surface area contributed by atoms with E-state index >= 15 is 0 Å². The zero-order valence-corrected chi connectivity index (χ0v) is 15.2. The highest BCUT2D eigenvalue weighted by atomic mass is 16.7. The molecule has 1 aliphatic heterocycles. The molecule has 1 aliphatic rings. The van der Waals surface area contributed by atoms with E-state index in [1.165, 1.54) is 0 Å². The van der Waals surface area contributed by atoms with Gasteiger partial charge in [0.25, 0.3) is 0 Å². The lowest BCUT2D eigenvalue weighted by Gasteiger charge is -2.41. The molecule has 0 bridgehead atoms. The van der Waals surface area contributed by atoms with Gasteiger partial charge in [0.15, 0.2) is 5.79 Å².